The molecule has 1 atom stereocenters. The van der Waals surface area contributed by atoms with Crippen LogP contribution in [0.25, 0.3) is 0 Å². The monoisotopic (exact) mass is 273 g/mol. The smallest absolute Gasteiger partial charge is 0.407 e. The van der Waals surface area contributed by atoms with Gasteiger partial charge in [-0.15, -0.1) is 0 Å². The molecule has 0 aromatic rings. The Labute approximate surface area is 116 Å². The van der Waals surface area contributed by atoms with Gasteiger partial charge in [0.2, 0.25) is 0 Å². The van der Waals surface area contributed by atoms with Crippen molar-refractivity contribution in [3.8, 4) is 0 Å². The molecule has 0 fully saturated rings. The lowest BCUT2D eigenvalue weighted by atomic mass is 9.92. The molecule has 5 nitrogen and oxygen atoms in total. The molecule has 0 radical (unpaired) electrons. The Morgan fingerprint density at radius 2 is 1.89 bits per heavy atom. The number of nitrogens with one attached hydrogen (secondary N) is 1. The number of alkyl carbamates (subject to hydrolysis) is 1. The number of carbonyl (C=O) groups is 2. The van der Waals surface area contributed by atoms with E-state index < -0.39 is 18.1 Å². The summed E-state index contributed by atoms with van der Waals surface area (Å²) in [6.07, 6.45) is 2.72. The van der Waals surface area contributed by atoms with Gasteiger partial charge in [-0.25, -0.2) is 9.59 Å². The summed E-state index contributed by atoms with van der Waals surface area (Å²) in [6, 6.07) is -0.623. The molecule has 0 aliphatic rings. The lowest BCUT2D eigenvalue weighted by Gasteiger charge is -2.23. The fourth-order valence-electron chi connectivity index (χ4n) is 1.35. The highest BCUT2D eigenvalue weighted by atomic mass is 16.6. The van der Waals surface area contributed by atoms with Crippen LogP contribution in [-0.4, -0.2) is 31.8 Å². The average Bonchev–Trinajstić information content (AvgIpc) is 2.40. The number of ether oxygens (including phenoxy) is 2. The summed E-state index contributed by atoms with van der Waals surface area (Å²) in [5, 5.41) is 2.56. The number of carbonyl (C=O) groups excluding carboxylic acids is 2. The summed E-state index contributed by atoms with van der Waals surface area (Å²) in [6.45, 7) is 8.44. The fraction of sp³-hybridized carbons (Fsp3) is 0.857. The van der Waals surface area contributed by atoms with Crippen molar-refractivity contribution in [3.05, 3.63) is 0 Å². The SMILES string of the molecule is CCCC[C@H](NC(=O)OCC(C)(C)CC)C(=O)OC. The standard InChI is InChI=1S/C14H27NO4/c1-6-8-9-11(12(16)18-5)15-13(17)19-10-14(3,4)7-2/h11H,6-10H2,1-5H3,(H,15,17)/t11-/m0/s1. The van der Waals surface area contributed by atoms with E-state index >= 15 is 0 Å². The Balaban J connectivity index is 4.27. The predicted molar refractivity (Wildman–Crippen MR) is 73.9 cm³/mol. The molecule has 0 saturated carbocycles. The summed E-state index contributed by atoms with van der Waals surface area (Å²) in [5.41, 5.74) is -0.0540. The first-order chi connectivity index (χ1) is 8.86. The normalized spacial score (nSPS) is 12.7. The summed E-state index contributed by atoms with van der Waals surface area (Å²) < 4.78 is 9.81. The minimum atomic E-state index is -0.623. The van der Waals surface area contributed by atoms with Gasteiger partial charge in [-0.05, 0) is 18.3 Å². The second-order valence-electron chi connectivity index (χ2n) is 5.46. The fourth-order valence-corrected chi connectivity index (χ4v) is 1.35. The molecule has 112 valence electrons. The number of esters is 1. The van der Waals surface area contributed by atoms with Gasteiger partial charge in [0.25, 0.3) is 0 Å². The Hall–Kier alpha value is -1.26. The first-order valence-electron chi connectivity index (χ1n) is 6.87. The predicted octanol–water partition coefficient (Wildman–Crippen LogP) is 2.88. The summed E-state index contributed by atoms with van der Waals surface area (Å²) in [7, 11) is 1.31. The molecule has 5 heteroatoms. The quantitative estimate of drug-likeness (QED) is 0.691. The van der Waals surface area contributed by atoms with E-state index in [0.717, 1.165) is 19.3 Å². The van der Waals surface area contributed by atoms with Crippen LogP contribution in [0.1, 0.15) is 53.4 Å². The molecule has 0 bridgehead atoms. The van der Waals surface area contributed by atoms with Crippen LogP contribution < -0.4 is 5.32 Å². The average molecular weight is 273 g/mol. The van der Waals surface area contributed by atoms with Gasteiger partial charge < -0.3 is 14.8 Å². The van der Waals surface area contributed by atoms with Gasteiger partial charge in [0.05, 0.1) is 13.7 Å². The lowest BCUT2D eigenvalue weighted by Crippen LogP contribution is -2.42. The van der Waals surface area contributed by atoms with Gasteiger partial charge in [-0.2, -0.15) is 0 Å². The molecule has 1 amide bonds. The van der Waals surface area contributed by atoms with Crippen molar-refractivity contribution < 1.29 is 19.1 Å². The maximum absolute atomic E-state index is 11.7. The number of methoxy groups -OCH3 is 1. The molecular weight excluding hydrogens is 246 g/mol. The van der Waals surface area contributed by atoms with Crippen molar-refractivity contribution in [1.29, 1.82) is 0 Å². The van der Waals surface area contributed by atoms with Gasteiger partial charge in [-0.1, -0.05) is 40.5 Å². The van der Waals surface area contributed by atoms with E-state index in [1.165, 1.54) is 7.11 Å². The minimum absolute atomic E-state index is 0.0540. The maximum Gasteiger partial charge on any atom is 0.407 e. The van der Waals surface area contributed by atoms with E-state index in [9.17, 15) is 9.59 Å². The Kier molecular flexibility index (Phi) is 8.19. The Morgan fingerprint density at radius 3 is 2.37 bits per heavy atom. The van der Waals surface area contributed by atoms with E-state index in [4.69, 9.17) is 4.74 Å². The number of hydrogen-bond donors (Lipinski definition) is 1. The van der Waals surface area contributed by atoms with Crippen LogP contribution in [0, 0.1) is 5.41 Å². The molecular formula is C14H27NO4. The van der Waals surface area contributed by atoms with Crippen LogP contribution >= 0.6 is 0 Å². The van der Waals surface area contributed by atoms with E-state index in [0.29, 0.717) is 13.0 Å². The molecule has 0 heterocycles. The van der Waals surface area contributed by atoms with Crippen molar-refractivity contribution in [2.45, 2.75) is 59.4 Å². The maximum atomic E-state index is 11.7. The zero-order valence-corrected chi connectivity index (χ0v) is 12.7. The molecule has 0 aliphatic carbocycles. The highest BCUT2D eigenvalue weighted by Crippen LogP contribution is 2.19. The highest BCUT2D eigenvalue weighted by molar-refractivity contribution is 5.81. The first-order valence-corrected chi connectivity index (χ1v) is 6.87. The van der Waals surface area contributed by atoms with Crippen molar-refractivity contribution in [2.24, 2.45) is 5.41 Å². The number of hydrogen-bond acceptors (Lipinski definition) is 4. The van der Waals surface area contributed by atoms with E-state index in [1.807, 2.05) is 27.7 Å². The second kappa shape index (κ2) is 8.77. The van der Waals surface area contributed by atoms with Gasteiger partial charge in [0, 0.05) is 0 Å². The molecule has 0 rings (SSSR count). The third-order valence-electron chi connectivity index (χ3n) is 3.18. The van der Waals surface area contributed by atoms with Gasteiger partial charge in [-0.3, -0.25) is 0 Å². The molecule has 0 aliphatic heterocycles. The molecule has 0 aromatic carbocycles. The van der Waals surface area contributed by atoms with Crippen molar-refractivity contribution >= 4 is 12.1 Å². The third-order valence-corrected chi connectivity index (χ3v) is 3.18. The molecule has 1 N–H and O–H groups in total. The zero-order valence-electron chi connectivity index (χ0n) is 12.7. The highest BCUT2D eigenvalue weighted by Gasteiger charge is 2.23. The number of rotatable bonds is 8. The van der Waals surface area contributed by atoms with Gasteiger partial charge in [0.1, 0.15) is 6.04 Å². The van der Waals surface area contributed by atoms with Gasteiger partial charge in [0.15, 0.2) is 0 Å². The van der Waals surface area contributed by atoms with Crippen LogP contribution in [0.5, 0.6) is 0 Å². The molecule has 0 saturated heterocycles. The van der Waals surface area contributed by atoms with E-state index in [1.54, 1.807) is 0 Å². The number of amides is 1. The van der Waals surface area contributed by atoms with Crippen LogP contribution in [-0.2, 0) is 14.3 Å². The van der Waals surface area contributed by atoms with Crippen LogP contribution in [0.3, 0.4) is 0 Å². The van der Waals surface area contributed by atoms with Crippen molar-refractivity contribution in [3.63, 3.8) is 0 Å². The van der Waals surface area contributed by atoms with Gasteiger partial charge >= 0.3 is 12.1 Å². The Morgan fingerprint density at radius 1 is 1.26 bits per heavy atom. The Bertz CT molecular complexity index is 289. The van der Waals surface area contributed by atoms with E-state index in [2.05, 4.69) is 10.1 Å². The third kappa shape index (κ3) is 7.70. The topological polar surface area (TPSA) is 64.6 Å². The summed E-state index contributed by atoms with van der Waals surface area (Å²) in [5.74, 6) is -0.430. The van der Waals surface area contributed by atoms with Crippen LogP contribution in [0.15, 0.2) is 0 Å². The van der Waals surface area contributed by atoms with Crippen molar-refractivity contribution in [1.82, 2.24) is 5.32 Å². The zero-order chi connectivity index (χ0) is 14.9. The first kappa shape index (κ1) is 17.7. The van der Waals surface area contributed by atoms with Crippen molar-refractivity contribution in [2.75, 3.05) is 13.7 Å². The van der Waals surface area contributed by atoms with Crippen LogP contribution in [0.2, 0.25) is 0 Å². The molecule has 19 heavy (non-hydrogen) atoms. The minimum Gasteiger partial charge on any atom is -0.467 e. The van der Waals surface area contributed by atoms with E-state index in [-0.39, 0.29) is 5.41 Å². The lowest BCUT2D eigenvalue weighted by molar-refractivity contribution is -0.143. The summed E-state index contributed by atoms with van der Waals surface area (Å²) >= 11 is 0. The van der Waals surface area contributed by atoms with Crippen LogP contribution in [0.4, 0.5) is 4.79 Å². The molecule has 0 aromatic heterocycles. The number of unbranched alkanes of at least 4 members (excludes halogenated alkanes) is 1. The largest absolute Gasteiger partial charge is 0.467 e. The molecule has 0 unspecified atom stereocenters. The molecule has 0 spiro atoms. The second-order valence-corrected chi connectivity index (χ2v) is 5.46. The summed E-state index contributed by atoms with van der Waals surface area (Å²) in [4.78, 5) is 23.2.